The maximum Gasteiger partial charge on any atom is 0.236 e. The van der Waals surface area contributed by atoms with Crippen molar-refractivity contribution in [1.82, 2.24) is 9.80 Å². The fraction of sp³-hybridized carbons (Fsp3) is 0.588. The molecule has 0 saturated carbocycles. The third kappa shape index (κ3) is 4.29. The molecule has 2 rings (SSSR count). The van der Waals surface area contributed by atoms with Crippen LogP contribution in [0.2, 0.25) is 0 Å². The van der Waals surface area contributed by atoms with Gasteiger partial charge >= 0.3 is 0 Å². The van der Waals surface area contributed by atoms with Gasteiger partial charge < -0.3 is 9.64 Å². The molecule has 1 aromatic carbocycles. The Morgan fingerprint density at radius 2 is 1.86 bits per heavy atom. The fourth-order valence-electron chi connectivity index (χ4n) is 3.02. The number of carbonyl (C=O) groups is 1. The molecule has 4 heteroatoms. The van der Waals surface area contributed by atoms with Gasteiger partial charge in [0.05, 0.1) is 19.8 Å². The molecule has 1 amide bonds. The van der Waals surface area contributed by atoms with E-state index in [1.807, 2.05) is 18.0 Å². The highest BCUT2D eigenvalue weighted by molar-refractivity contribution is 5.78. The number of likely N-dealkylation sites (N-methyl/N-ethyl adjacent to an activating group) is 1. The normalized spacial score (nSPS) is 17.3. The SMILES string of the molecule is CC(C)C(c1ccccc1)N(C)CC(=O)N1CCOCC1. The van der Waals surface area contributed by atoms with E-state index in [-0.39, 0.29) is 11.9 Å². The lowest BCUT2D eigenvalue weighted by molar-refractivity contribution is -0.136. The highest BCUT2D eigenvalue weighted by atomic mass is 16.5. The Morgan fingerprint density at radius 3 is 2.43 bits per heavy atom. The molecular weight excluding hydrogens is 264 g/mol. The molecule has 21 heavy (non-hydrogen) atoms. The van der Waals surface area contributed by atoms with E-state index in [1.165, 1.54) is 5.56 Å². The van der Waals surface area contributed by atoms with Crippen molar-refractivity contribution in [3.63, 3.8) is 0 Å². The van der Waals surface area contributed by atoms with Gasteiger partial charge in [-0.05, 0) is 18.5 Å². The van der Waals surface area contributed by atoms with Gasteiger partial charge in [0.2, 0.25) is 5.91 Å². The second-order valence-corrected chi connectivity index (χ2v) is 6.01. The second kappa shape index (κ2) is 7.57. The average Bonchev–Trinajstić information content (AvgIpc) is 2.49. The van der Waals surface area contributed by atoms with Gasteiger partial charge in [-0.3, -0.25) is 9.69 Å². The topological polar surface area (TPSA) is 32.8 Å². The molecule has 1 saturated heterocycles. The Bertz CT molecular complexity index is 441. The molecular formula is C17H26N2O2. The summed E-state index contributed by atoms with van der Waals surface area (Å²) in [5.74, 6) is 0.650. The van der Waals surface area contributed by atoms with E-state index in [9.17, 15) is 4.79 Å². The summed E-state index contributed by atoms with van der Waals surface area (Å²) in [6, 6.07) is 10.7. The lowest BCUT2D eigenvalue weighted by atomic mass is 9.95. The van der Waals surface area contributed by atoms with Gasteiger partial charge in [0.1, 0.15) is 0 Å². The monoisotopic (exact) mass is 290 g/mol. The number of rotatable bonds is 5. The largest absolute Gasteiger partial charge is 0.378 e. The maximum absolute atomic E-state index is 12.4. The van der Waals surface area contributed by atoms with E-state index in [2.05, 4.69) is 43.0 Å². The van der Waals surface area contributed by atoms with Crippen LogP contribution in [0, 0.1) is 5.92 Å². The van der Waals surface area contributed by atoms with Crippen LogP contribution in [0.5, 0.6) is 0 Å². The Hall–Kier alpha value is -1.39. The fourth-order valence-corrected chi connectivity index (χ4v) is 3.02. The van der Waals surface area contributed by atoms with Crippen LogP contribution in [0.1, 0.15) is 25.5 Å². The Labute approximate surface area is 127 Å². The first-order valence-electron chi connectivity index (χ1n) is 7.70. The van der Waals surface area contributed by atoms with E-state index >= 15 is 0 Å². The zero-order chi connectivity index (χ0) is 15.2. The van der Waals surface area contributed by atoms with Crippen LogP contribution in [-0.4, -0.2) is 55.6 Å². The van der Waals surface area contributed by atoms with E-state index in [1.54, 1.807) is 0 Å². The molecule has 0 radical (unpaired) electrons. The minimum atomic E-state index is 0.197. The highest BCUT2D eigenvalue weighted by Crippen LogP contribution is 2.27. The quantitative estimate of drug-likeness (QED) is 0.833. The summed E-state index contributed by atoms with van der Waals surface area (Å²) < 4.78 is 5.30. The van der Waals surface area contributed by atoms with Gasteiger partial charge in [-0.15, -0.1) is 0 Å². The van der Waals surface area contributed by atoms with E-state index in [4.69, 9.17) is 4.74 Å². The van der Waals surface area contributed by atoms with Crippen LogP contribution >= 0.6 is 0 Å². The van der Waals surface area contributed by atoms with Crippen LogP contribution in [0.25, 0.3) is 0 Å². The molecule has 1 unspecified atom stereocenters. The van der Waals surface area contributed by atoms with E-state index < -0.39 is 0 Å². The first-order chi connectivity index (χ1) is 10.1. The van der Waals surface area contributed by atoms with Crippen molar-refractivity contribution in [2.24, 2.45) is 5.92 Å². The van der Waals surface area contributed by atoms with Crippen molar-refractivity contribution in [1.29, 1.82) is 0 Å². The minimum absolute atomic E-state index is 0.197. The van der Waals surface area contributed by atoms with Gasteiger partial charge in [0.15, 0.2) is 0 Å². The van der Waals surface area contributed by atoms with E-state index in [0.29, 0.717) is 38.8 Å². The summed E-state index contributed by atoms with van der Waals surface area (Å²) >= 11 is 0. The summed E-state index contributed by atoms with van der Waals surface area (Å²) in [6.45, 7) is 7.59. The van der Waals surface area contributed by atoms with Crippen LogP contribution in [0.3, 0.4) is 0 Å². The van der Waals surface area contributed by atoms with Gasteiger partial charge in [0, 0.05) is 19.1 Å². The van der Waals surface area contributed by atoms with Crippen LogP contribution < -0.4 is 0 Å². The molecule has 0 N–H and O–H groups in total. The second-order valence-electron chi connectivity index (χ2n) is 6.01. The highest BCUT2D eigenvalue weighted by Gasteiger charge is 2.25. The van der Waals surface area contributed by atoms with Gasteiger partial charge in [-0.1, -0.05) is 44.2 Å². The van der Waals surface area contributed by atoms with Crippen molar-refractivity contribution in [2.75, 3.05) is 39.9 Å². The molecule has 1 aliphatic rings. The smallest absolute Gasteiger partial charge is 0.236 e. The predicted molar refractivity (Wildman–Crippen MR) is 84.1 cm³/mol. The summed E-state index contributed by atoms with van der Waals surface area (Å²) in [5, 5.41) is 0. The van der Waals surface area contributed by atoms with Gasteiger partial charge in [-0.2, -0.15) is 0 Å². The summed E-state index contributed by atoms with van der Waals surface area (Å²) in [4.78, 5) is 16.5. The number of carbonyl (C=O) groups excluding carboxylic acids is 1. The molecule has 1 aliphatic heterocycles. The summed E-state index contributed by atoms with van der Waals surface area (Å²) in [7, 11) is 2.04. The number of amides is 1. The third-order valence-electron chi connectivity index (χ3n) is 4.00. The lowest BCUT2D eigenvalue weighted by Gasteiger charge is -2.34. The lowest BCUT2D eigenvalue weighted by Crippen LogP contribution is -2.46. The van der Waals surface area contributed by atoms with Crippen molar-refractivity contribution >= 4 is 5.91 Å². The molecule has 1 atom stereocenters. The molecule has 4 nitrogen and oxygen atoms in total. The predicted octanol–water partition coefficient (Wildman–Crippen LogP) is 2.17. The number of benzene rings is 1. The molecule has 1 heterocycles. The number of hydrogen-bond donors (Lipinski definition) is 0. The molecule has 1 aromatic rings. The van der Waals surface area contributed by atoms with E-state index in [0.717, 1.165) is 0 Å². The summed E-state index contributed by atoms with van der Waals surface area (Å²) in [5.41, 5.74) is 1.27. The number of hydrogen-bond acceptors (Lipinski definition) is 3. The van der Waals surface area contributed by atoms with Crippen LogP contribution in [-0.2, 0) is 9.53 Å². The molecule has 0 bridgehead atoms. The third-order valence-corrected chi connectivity index (χ3v) is 4.00. The molecule has 0 aromatic heterocycles. The average molecular weight is 290 g/mol. The molecule has 0 spiro atoms. The maximum atomic E-state index is 12.4. The first-order valence-corrected chi connectivity index (χ1v) is 7.70. The number of nitrogens with zero attached hydrogens (tertiary/aromatic N) is 2. The molecule has 1 fully saturated rings. The first kappa shape index (κ1) is 16.0. The molecule has 0 aliphatic carbocycles. The van der Waals surface area contributed by atoms with Gasteiger partial charge in [0.25, 0.3) is 0 Å². The van der Waals surface area contributed by atoms with Crippen LogP contribution in [0.4, 0.5) is 0 Å². The Kier molecular flexibility index (Phi) is 5.76. The zero-order valence-corrected chi connectivity index (χ0v) is 13.3. The van der Waals surface area contributed by atoms with Crippen molar-refractivity contribution in [2.45, 2.75) is 19.9 Å². The zero-order valence-electron chi connectivity index (χ0n) is 13.3. The number of ether oxygens (including phenoxy) is 1. The van der Waals surface area contributed by atoms with Crippen molar-refractivity contribution in [3.8, 4) is 0 Å². The number of morpholine rings is 1. The van der Waals surface area contributed by atoms with Gasteiger partial charge in [-0.25, -0.2) is 0 Å². The van der Waals surface area contributed by atoms with Crippen LogP contribution in [0.15, 0.2) is 30.3 Å². The van der Waals surface area contributed by atoms with Crippen molar-refractivity contribution < 1.29 is 9.53 Å². The standard InChI is InChI=1S/C17H26N2O2/c1-14(2)17(15-7-5-4-6-8-15)18(3)13-16(20)19-9-11-21-12-10-19/h4-8,14,17H,9-13H2,1-3H3. The Morgan fingerprint density at radius 1 is 1.24 bits per heavy atom. The minimum Gasteiger partial charge on any atom is -0.378 e. The van der Waals surface area contributed by atoms with Crippen molar-refractivity contribution in [3.05, 3.63) is 35.9 Å². The molecule has 116 valence electrons. The summed E-state index contributed by atoms with van der Waals surface area (Å²) in [6.07, 6.45) is 0. The Balaban J connectivity index is 2.01.